The highest BCUT2D eigenvalue weighted by Crippen LogP contribution is 2.21. The van der Waals surface area contributed by atoms with Crippen LogP contribution in [0.2, 0.25) is 0 Å². The molecule has 1 fully saturated rings. The number of carbonyl (C=O) groups is 1. The van der Waals surface area contributed by atoms with Crippen LogP contribution in [0.4, 0.5) is 5.69 Å². The van der Waals surface area contributed by atoms with Crippen LogP contribution in [-0.4, -0.2) is 55.3 Å². The van der Waals surface area contributed by atoms with E-state index in [0.29, 0.717) is 12.0 Å². The van der Waals surface area contributed by atoms with Crippen molar-refractivity contribution in [3.63, 3.8) is 0 Å². The smallest absolute Gasteiger partial charge is 0.255 e. The molecule has 0 aliphatic carbocycles. The molecule has 1 saturated heterocycles. The van der Waals surface area contributed by atoms with E-state index in [2.05, 4.69) is 28.9 Å². The molecule has 1 aromatic carbocycles. The van der Waals surface area contributed by atoms with Gasteiger partial charge in [-0.3, -0.25) is 9.78 Å². The number of pyridine rings is 1. The Morgan fingerprint density at radius 3 is 2.59 bits per heavy atom. The van der Waals surface area contributed by atoms with Crippen molar-refractivity contribution in [2.24, 2.45) is 0 Å². The van der Waals surface area contributed by atoms with Crippen LogP contribution in [0, 0.1) is 0 Å². The zero-order chi connectivity index (χ0) is 19.4. The summed E-state index contributed by atoms with van der Waals surface area (Å²) in [5.41, 5.74) is 2.54. The molecule has 1 aromatic heterocycles. The summed E-state index contributed by atoms with van der Waals surface area (Å²) < 4.78 is 23.4. The molecule has 0 radical (unpaired) electrons. The Morgan fingerprint density at radius 2 is 1.96 bits per heavy atom. The molecule has 2 aromatic rings. The fourth-order valence-electron chi connectivity index (χ4n) is 3.36. The van der Waals surface area contributed by atoms with Crippen LogP contribution in [-0.2, 0) is 16.4 Å². The third-order valence-electron chi connectivity index (χ3n) is 5.01. The predicted molar refractivity (Wildman–Crippen MR) is 107 cm³/mol. The van der Waals surface area contributed by atoms with Crippen molar-refractivity contribution in [1.82, 2.24) is 9.88 Å². The van der Waals surface area contributed by atoms with Crippen LogP contribution >= 0.6 is 0 Å². The second-order valence-electron chi connectivity index (χ2n) is 6.90. The lowest BCUT2D eigenvalue weighted by Crippen LogP contribution is -2.38. The molecule has 1 atom stereocenters. The number of carbonyl (C=O) groups excluding carboxylic acids is 1. The van der Waals surface area contributed by atoms with Gasteiger partial charge in [-0.25, -0.2) is 8.42 Å². The minimum atomic E-state index is -3.03. The lowest BCUT2D eigenvalue weighted by Gasteiger charge is -2.25. The molecular formula is C20H25N3O3S. The molecule has 2 heterocycles. The van der Waals surface area contributed by atoms with E-state index in [1.54, 1.807) is 24.3 Å². The summed E-state index contributed by atoms with van der Waals surface area (Å²) in [4.78, 5) is 20.8. The van der Waals surface area contributed by atoms with E-state index in [1.165, 1.54) is 5.56 Å². The lowest BCUT2D eigenvalue weighted by molar-refractivity contribution is 0.0747. The number of hydrogen-bond acceptors (Lipinski definition) is 5. The topological polar surface area (TPSA) is 70.6 Å². The van der Waals surface area contributed by atoms with Gasteiger partial charge in [0.2, 0.25) is 0 Å². The predicted octanol–water partition coefficient (Wildman–Crippen LogP) is 2.37. The van der Waals surface area contributed by atoms with Crippen LogP contribution in [0.15, 0.2) is 48.8 Å². The first-order valence-corrected chi connectivity index (χ1v) is 10.9. The summed E-state index contributed by atoms with van der Waals surface area (Å²) in [6.45, 7) is 3.57. The maximum absolute atomic E-state index is 12.8. The summed E-state index contributed by atoms with van der Waals surface area (Å²) >= 11 is 0. The zero-order valence-corrected chi connectivity index (χ0v) is 16.5. The summed E-state index contributed by atoms with van der Waals surface area (Å²) in [7, 11) is -1.37. The Bertz CT molecular complexity index is 900. The second-order valence-corrected chi connectivity index (χ2v) is 9.13. The number of aromatic nitrogens is 1. The summed E-state index contributed by atoms with van der Waals surface area (Å²) in [6, 6.07) is 11.7. The van der Waals surface area contributed by atoms with Gasteiger partial charge < -0.3 is 9.80 Å². The third-order valence-corrected chi connectivity index (χ3v) is 6.76. The molecular weight excluding hydrogens is 362 g/mol. The Hall–Kier alpha value is -2.41. The highest BCUT2D eigenvalue weighted by atomic mass is 32.2. The van der Waals surface area contributed by atoms with Gasteiger partial charge in [0.25, 0.3) is 5.91 Å². The molecule has 1 aliphatic rings. The molecule has 7 heteroatoms. The number of anilines is 1. The van der Waals surface area contributed by atoms with E-state index in [1.807, 2.05) is 24.3 Å². The summed E-state index contributed by atoms with van der Waals surface area (Å²) in [5.74, 6) is -0.00617. The Morgan fingerprint density at radius 1 is 1.22 bits per heavy atom. The van der Waals surface area contributed by atoms with Gasteiger partial charge in [-0.05, 0) is 25.0 Å². The standard InChI is InChI=1S/C20H25N3O3S/c1-3-23(14-16-7-5-4-6-8-16)19-11-17(12-21-13-19)20(24)22(2)18-9-10-27(25,26)15-18/h4-8,11-13,18H,3,9-10,14-15H2,1-2H3. The second kappa shape index (κ2) is 8.08. The molecule has 0 N–H and O–H groups in total. The Balaban J connectivity index is 1.76. The van der Waals surface area contributed by atoms with Crippen LogP contribution in [0.1, 0.15) is 29.3 Å². The summed E-state index contributed by atoms with van der Waals surface area (Å²) in [5, 5.41) is 0. The number of hydrogen-bond donors (Lipinski definition) is 0. The Labute approximate surface area is 160 Å². The monoisotopic (exact) mass is 387 g/mol. The van der Waals surface area contributed by atoms with Crippen molar-refractivity contribution in [2.75, 3.05) is 30.0 Å². The number of nitrogens with zero attached hydrogens (tertiary/aromatic N) is 3. The van der Waals surface area contributed by atoms with E-state index in [9.17, 15) is 13.2 Å². The normalized spacial score (nSPS) is 18.2. The fraction of sp³-hybridized carbons (Fsp3) is 0.400. The van der Waals surface area contributed by atoms with Crippen molar-refractivity contribution >= 4 is 21.4 Å². The van der Waals surface area contributed by atoms with Gasteiger partial charge in [-0.15, -0.1) is 0 Å². The van der Waals surface area contributed by atoms with Crippen molar-refractivity contribution < 1.29 is 13.2 Å². The van der Waals surface area contributed by atoms with Crippen molar-refractivity contribution in [3.05, 3.63) is 59.9 Å². The van der Waals surface area contributed by atoms with E-state index in [-0.39, 0.29) is 23.5 Å². The SMILES string of the molecule is CCN(Cc1ccccc1)c1cncc(C(=O)N(C)C2CCS(=O)(=O)C2)c1. The van der Waals surface area contributed by atoms with E-state index >= 15 is 0 Å². The first-order chi connectivity index (χ1) is 12.9. The van der Waals surface area contributed by atoms with E-state index in [0.717, 1.165) is 18.8 Å². The summed E-state index contributed by atoms with van der Waals surface area (Å²) in [6.07, 6.45) is 3.79. The minimum Gasteiger partial charge on any atom is -0.366 e. The number of benzene rings is 1. The van der Waals surface area contributed by atoms with Gasteiger partial charge in [0, 0.05) is 32.4 Å². The molecule has 144 valence electrons. The van der Waals surface area contributed by atoms with Crippen molar-refractivity contribution in [3.8, 4) is 0 Å². The molecule has 0 bridgehead atoms. The molecule has 27 heavy (non-hydrogen) atoms. The van der Waals surface area contributed by atoms with Gasteiger partial charge in [-0.2, -0.15) is 0 Å². The van der Waals surface area contributed by atoms with Crippen molar-refractivity contribution in [2.45, 2.75) is 25.9 Å². The maximum atomic E-state index is 12.8. The molecule has 0 saturated carbocycles. The van der Waals surface area contributed by atoms with Gasteiger partial charge in [-0.1, -0.05) is 30.3 Å². The van der Waals surface area contributed by atoms with Gasteiger partial charge >= 0.3 is 0 Å². The van der Waals surface area contributed by atoms with Crippen LogP contribution < -0.4 is 4.90 Å². The fourth-order valence-corrected chi connectivity index (χ4v) is 5.13. The van der Waals surface area contributed by atoms with Crippen LogP contribution in [0.25, 0.3) is 0 Å². The average Bonchev–Trinajstić information content (AvgIpc) is 3.05. The highest BCUT2D eigenvalue weighted by molar-refractivity contribution is 7.91. The van der Waals surface area contributed by atoms with E-state index in [4.69, 9.17) is 0 Å². The van der Waals surface area contributed by atoms with E-state index < -0.39 is 9.84 Å². The van der Waals surface area contributed by atoms with Gasteiger partial charge in [0.05, 0.1) is 29.0 Å². The first-order valence-electron chi connectivity index (χ1n) is 9.11. The quantitative estimate of drug-likeness (QED) is 0.761. The molecule has 1 unspecified atom stereocenters. The number of amides is 1. The zero-order valence-electron chi connectivity index (χ0n) is 15.7. The van der Waals surface area contributed by atoms with Gasteiger partial charge in [0.1, 0.15) is 0 Å². The van der Waals surface area contributed by atoms with Crippen molar-refractivity contribution in [1.29, 1.82) is 0 Å². The molecule has 3 rings (SSSR count). The van der Waals surface area contributed by atoms with Crippen LogP contribution in [0.3, 0.4) is 0 Å². The molecule has 6 nitrogen and oxygen atoms in total. The lowest BCUT2D eigenvalue weighted by atomic mass is 10.1. The average molecular weight is 388 g/mol. The number of rotatable bonds is 6. The molecule has 0 spiro atoms. The maximum Gasteiger partial charge on any atom is 0.255 e. The third kappa shape index (κ3) is 4.66. The molecule has 1 amide bonds. The first kappa shape index (κ1) is 19.4. The Kier molecular flexibility index (Phi) is 5.79. The van der Waals surface area contributed by atoms with Gasteiger partial charge in [0.15, 0.2) is 9.84 Å². The number of sulfone groups is 1. The largest absolute Gasteiger partial charge is 0.366 e. The highest BCUT2D eigenvalue weighted by Gasteiger charge is 2.33. The minimum absolute atomic E-state index is 0.0391. The van der Waals surface area contributed by atoms with Crippen LogP contribution in [0.5, 0.6) is 0 Å². The molecule has 1 aliphatic heterocycles.